The number of nitrogens with one attached hydrogen (secondary N) is 1. The van der Waals surface area contributed by atoms with Gasteiger partial charge in [-0.2, -0.15) is 0 Å². The molecule has 1 saturated carbocycles. The van der Waals surface area contributed by atoms with Crippen LogP contribution in [-0.4, -0.2) is 22.3 Å². The molecule has 0 spiro atoms. The van der Waals surface area contributed by atoms with Crippen LogP contribution in [-0.2, 0) is 23.1 Å². The first-order valence-corrected chi connectivity index (χ1v) is 12.3. The van der Waals surface area contributed by atoms with E-state index in [-0.39, 0.29) is 0 Å². The van der Waals surface area contributed by atoms with Crippen LogP contribution in [0.5, 0.6) is 0 Å². The lowest BCUT2D eigenvalue weighted by atomic mass is 9.88. The van der Waals surface area contributed by atoms with Crippen LogP contribution in [0, 0.1) is 6.92 Å². The maximum absolute atomic E-state index is 11.6. The largest absolute Gasteiger partial charge is 0.481 e. The monoisotopic (exact) mass is 464 g/mol. The molecule has 5 nitrogen and oxygen atoms in total. The van der Waals surface area contributed by atoms with E-state index in [2.05, 4.69) is 59.0 Å². The van der Waals surface area contributed by atoms with E-state index in [0.717, 1.165) is 71.5 Å². The minimum atomic E-state index is -0.723. The Morgan fingerprint density at radius 2 is 1.57 bits per heavy atom. The van der Waals surface area contributed by atoms with Crippen molar-refractivity contribution in [3.63, 3.8) is 0 Å². The summed E-state index contributed by atoms with van der Waals surface area (Å²) in [6.45, 7) is 1.98. The summed E-state index contributed by atoms with van der Waals surface area (Å²) < 4.78 is 5.75. The number of fused-ring (bicyclic) bond motifs is 1. The number of hydrogen-bond donors (Lipinski definition) is 2. The molecule has 1 unspecified atom stereocenters. The van der Waals surface area contributed by atoms with Gasteiger partial charge in [0.05, 0.1) is 5.41 Å². The third-order valence-corrected chi connectivity index (χ3v) is 7.64. The van der Waals surface area contributed by atoms with Gasteiger partial charge in [-0.15, -0.1) is 0 Å². The van der Waals surface area contributed by atoms with Crippen molar-refractivity contribution in [1.29, 1.82) is 0 Å². The van der Waals surface area contributed by atoms with Gasteiger partial charge in [0, 0.05) is 11.6 Å². The number of hydrogen-bond acceptors (Lipinski definition) is 4. The number of benzene rings is 3. The zero-order valence-electron chi connectivity index (χ0n) is 19.8. The molecule has 0 amide bonds. The van der Waals surface area contributed by atoms with Crippen LogP contribution in [0.4, 0.5) is 5.69 Å². The van der Waals surface area contributed by atoms with Crippen molar-refractivity contribution in [2.75, 3.05) is 5.32 Å². The molecule has 0 aliphatic heterocycles. The summed E-state index contributed by atoms with van der Waals surface area (Å²) in [5, 5.41) is 17.5. The second-order valence-electron chi connectivity index (χ2n) is 9.87. The molecule has 1 fully saturated rings. The highest BCUT2D eigenvalue weighted by molar-refractivity contribution is 5.85. The van der Waals surface area contributed by atoms with E-state index in [1.165, 1.54) is 11.1 Å². The van der Waals surface area contributed by atoms with Crippen molar-refractivity contribution in [2.24, 2.45) is 0 Å². The number of aromatic nitrogens is 1. The van der Waals surface area contributed by atoms with Crippen LogP contribution < -0.4 is 5.32 Å². The fourth-order valence-corrected chi connectivity index (χ4v) is 5.31. The van der Waals surface area contributed by atoms with Gasteiger partial charge >= 0.3 is 5.97 Å². The number of aliphatic carboxylic acids is 1. The van der Waals surface area contributed by atoms with E-state index < -0.39 is 11.4 Å². The number of rotatable bonds is 6. The Hall–Kier alpha value is -3.86. The summed E-state index contributed by atoms with van der Waals surface area (Å²) in [6.07, 6.45) is 4.60. The minimum Gasteiger partial charge on any atom is -0.481 e. The van der Waals surface area contributed by atoms with Crippen LogP contribution >= 0.6 is 0 Å². The SMILES string of the molecule is Cc1noc(-c2ccc(-c3ccc(C4(C(=O)O)CC4)cc3)cc2)c1NC1CCc2ccccc2C1. The minimum absolute atomic E-state index is 0.347. The third kappa shape index (κ3) is 3.91. The van der Waals surface area contributed by atoms with E-state index in [0.29, 0.717) is 6.04 Å². The smallest absolute Gasteiger partial charge is 0.314 e. The van der Waals surface area contributed by atoms with Gasteiger partial charge in [0.15, 0.2) is 5.76 Å². The van der Waals surface area contributed by atoms with Gasteiger partial charge < -0.3 is 14.9 Å². The Bertz CT molecular complexity index is 1380. The van der Waals surface area contributed by atoms with E-state index in [1.807, 2.05) is 31.2 Å². The van der Waals surface area contributed by atoms with Crippen LogP contribution in [0.2, 0.25) is 0 Å². The van der Waals surface area contributed by atoms with Crippen LogP contribution in [0.1, 0.15) is 41.6 Å². The Morgan fingerprint density at radius 1 is 0.943 bits per heavy atom. The molecule has 1 aromatic heterocycles. The zero-order chi connectivity index (χ0) is 24.0. The molecule has 35 heavy (non-hydrogen) atoms. The summed E-state index contributed by atoms with van der Waals surface area (Å²) in [6, 6.07) is 25.2. The van der Waals surface area contributed by atoms with Crippen LogP contribution in [0.3, 0.4) is 0 Å². The maximum atomic E-state index is 11.6. The lowest BCUT2D eigenvalue weighted by molar-refractivity contribution is -0.140. The molecular weight excluding hydrogens is 436 g/mol. The summed E-state index contributed by atoms with van der Waals surface area (Å²) in [5.41, 5.74) is 8.04. The van der Waals surface area contributed by atoms with E-state index in [9.17, 15) is 9.90 Å². The van der Waals surface area contributed by atoms with Crippen molar-refractivity contribution in [3.8, 4) is 22.5 Å². The molecule has 1 heterocycles. The van der Waals surface area contributed by atoms with Crippen molar-refractivity contribution in [1.82, 2.24) is 5.16 Å². The second kappa shape index (κ2) is 8.42. The molecule has 1 atom stereocenters. The van der Waals surface area contributed by atoms with Crippen molar-refractivity contribution < 1.29 is 14.4 Å². The normalized spacial score (nSPS) is 18.0. The Morgan fingerprint density at radius 3 is 2.23 bits per heavy atom. The van der Waals surface area contributed by atoms with Crippen LogP contribution in [0.15, 0.2) is 77.3 Å². The maximum Gasteiger partial charge on any atom is 0.314 e. The molecule has 176 valence electrons. The molecule has 2 N–H and O–H groups in total. The zero-order valence-corrected chi connectivity index (χ0v) is 19.8. The molecule has 0 bridgehead atoms. The molecule has 0 radical (unpaired) electrons. The summed E-state index contributed by atoms with van der Waals surface area (Å²) in [7, 11) is 0. The number of nitrogens with zero attached hydrogens (tertiary/aromatic N) is 1. The van der Waals surface area contributed by atoms with Gasteiger partial charge in [0.2, 0.25) is 0 Å². The number of carboxylic acids is 1. The number of carbonyl (C=O) groups is 1. The molecular formula is C30H28N2O3. The lowest BCUT2D eigenvalue weighted by Gasteiger charge is -2.26. The van der Waals surface area contributed by atoms with Gasteiger partial charge in [-0.1, -0.05) is 78.0 Å². The van der Waals surface area contributed by atoms with Gasteiger partial charge in [0.1, 0.15) is 11.4 Å². The Balaban J connectivity index is 1.21. The standard InChI is InChI=1S/C30H28N2O3/c1-19-27(31-26-15-12-20-4-2-3-5-24(20)18-26)28(35-32-19)23-8-6-21(7-9-23)22-10-13-25(14-11-22)30(16-17-30)29(33)34/h2-11,13-14,26,31H,12,15-18H2,1H3,(H,33,34). The van der Waals surface area contributed by atoms with Gasteiger partial charge in [-0.25, -0.2) is 0 Å². The molecule has 4 aromatic rings. The predicted octanol–water partition coefficient (Wildman–Crippen LogP) is 6.40. The first-order valence-electron chi connectivity index (χ1n) is 12.3. The van der Waals surface area contributed by atoms with Gasteiger partial charge in [-0.05, 0) is 66.8 Å². The molecule has 2 aliphatic carbocycles. The Kier molecular flexibility index (Phi) is 5.21. The highest BCUT2D eigenvalue weighted by Crippen LogP contribution is 2.48. The van der Waals surface area contributed by atoms with Crippen molar-refractivity contribution in [2.45, 2.75) is 50.5 Å². The summed E-state index contributed by atoms with van der Waals surface area (Å²) >= 11 is 0. The lowest BCUT2D eigenvalue weighted by Crippen LogP contribution is -2.27. The Labute approximate surface area is 204 Å². The first kappa shape index (κ1) is 21.7. The average molecular weight is 465 g/mol. The summed E-state index contributed by atoms with van der Waals surface area (Å²) in [5.74, 6) is 0.0409. The fourth-order valence-electron chi connectivity index (χ4n) is 5.31. The predicted molar refractivity (Wildman–Crippen MR) is 137 cm³/mol. The molecule has 2 aliphatic rings. The molecule has 0 saturated heterocycles. The van der Waals surface area contributed by atoms with E-state index in [4.69, 9.17) is 4.52 Å². The molecule has 6 rings (SSSR count). The topological polar surface area (TPSA) is 75.4 Å². The fraction of sp³-hybridized carbons (Fsp3) is 0.267. The van der Waals surface area contributed by atoms with Crippen molar-refractivity contribution in [3.05, 3.63) is 95.2 Å². The second-order valence-corrected chi connectivity index (χ2v) is 9.87. The number of anilines is 1. The highest BCUT2D eigenvalue weighted by atomic mass is 16.5. The molecule has 5 heteroatoms. The number of carboxylic acid groups (broad SMARTS) is 1. The van der Waals surface area contributed by atoms with Crippen molar-refractivity contribution >= 4 is 11.7 Å². The molecule has 3 aromatic carbocycles. The van der Waals surface area contributed by atoms with E-state index in [1.54, 1.807) is 0 Å². The quantitative estimate of drug-likeness (QED) is 0.345. The third-order valence-electron chi connectivity index (χ3n) is 7.64. The highest BCUT2D eigenvalue weighted by Gasteiger charge is 2.51. The van der Waals surface area contributed by atoms with E-state index >= 15 is 0 Å². The van der Waals surface area contributed by atoms with Gasteiger partial charge in [-0.3, -0.25) is 4.79 Å². The van der Waals surface area contributed by atoms with Crippen LogP contribution in [0.25, 0.3) is 22.5 Å². The van der Waals surface area contributed by atoms with Gasteiger partial charge in [0.25, 0.3) is 0 Å². The summed E-state index contributed by atoms with van der Waals surface area (Å²) in [4.78, 5) is 11.6. The average Bonchev–Trinajstić information content (AvgIpc) is 3.64. The first-order chi connectivity index (χ1) is 17.0. The number of aryl methyl sites for hydroxylation is 2.